The fraction of sp³-hybridized carbons (Fsp3) is 0.607. The van der Waals surface area contributed by atoms with Crippen LogP contribution in [-0.2, 0) is 35.1 Å². The summed E-state index contributed by atoms with van der Waals surface area (Å²) < 4.78 is 10.4. The van der Waals surface area contributed by atoms with Gasteiger partial charge in [-0.05, 0) is 37.0 Å². The molecule has 0 bridgehead atoms. The molecule has 2 aliphatic carbocycles. The van der Waals surface area contributed by atoms with Gasteiger partial charge in [0.05, 0.1) is 25.7 Å². The topological polar surface area (TPSA) is 143 Å². The number of hydrogen-bond donors (Lipinski definition) is 3. The molecular weight excluding hydrogens is 490 g/mol. The summed E-state index contributed by atoms with van der Waals surface area (Å²) in [6.07, 6.45) is 4.92. The van der Waals surface area contributed by atoms with Crippen LogP contribution in [0.25, 0.3) is 0 Å². The van der Waals surface area contributed by atoms with Gasteiger partial charge in [-0.2, -0.15) is 0 Å². The molecule has 1 aromatic carbocycles. The number of ether oxygens (including phenoxy) is 2. The van der Waals surface area contributed by atoms with E-state index in [4.69, 9.17) is 9.47 Å². The van der Waals surface area contributed by atoms with Crippen molar-refractivity contribution >= 4 is 29.3 Å². The second kappa shape index (κ2) is 12.5. The Bertz CT molecular complexity index is 1040. The summed E-state index contributed by atoms with van der Waals surface area (Å²) in [5, 5.41) is 8.29. The Kier molecular flexibility index (Phi) is 9.14. The zero-order chi connectivity index (χ0) is 27.2. The van der Waals surface area contributed by atoms with Crippen LogP contribution in [0, 0.1) is 11.8 Å². The van der Waals surface area contributed by atoms with Crippen molar-refractivity contribution in [2.75, 3.05) is 13.7 Å². The van der Waals surface area contributed by atoms with Gasteiger partial charge in [0, 0.05) is 19.3 Å². The van der Waals surface area contributed by atoms with E-state index >= 15 is 0 Å². The molecule has 1 aromatic rings. The summed E-state index contributed by atoms with van der Waals surface area (Å²) in [4.78, 5) is 63.0. The van der Waals surface area contributed by atoms with Crippen LogP contribution < -0.4 is 20.7 Å². The van der Waals surface area contributed by atoms with E-state index in [-0.39, 0.29) is 36.7 Å². The molecule has 1 heterocycles. The van der Waals surface area contributed by atoms with Gasteiger partial charge in [0.15, 0.2) is 5.78 Å². The highest BCUT2D eigenvalue weighted by molar-refractivity contribution is 5.99. The average molecular weight is 528 g/mol. The van der Waals surface area contributed by atoms with Crippen LogP contribution in [0.1, 0.15) is 57.4 Å². The Balaban J connectivity index is 1.44. The standard InChI is InChI=1S/C28H37N3O7/c1-16(29-27(35)19-13-20(32)14-19)26(34)31-23(12-18-7-9-21(37-2)10-8-18)28(36)30-22(25(33)24-15-38-24)11-17-5-3-4-6-17/h7-10,16-17,19,22-24H,3-6,11-15H2,1-2H3,(H,29,35)(H,30,36)(H,31,34)/t16-,22+,23+,24-/m1/s1. The van der Waals surface area contributed by atoms with Crippen molar-refractivity contribution in [2.24, 2.45) is 11.8 Å². The fourth-order valence-electron chi connectivity index (χ4n) is 5.11. The Morgan fingerprint density at radius 3 is 2.18 bits per heavy atom. The lowest BCUT2D eigenvalue weighted by molar-refractivity contribution is -0.139. The van der Waals surface area contributed by atoms with Crippen molar-refractivity contribution < 1.29 is 33.4 Å². The Morgan fingerprint density at radius 1 is 0.974 bits per heavy atom. The van der Waals surface area contributed by atoms with Crippen molar-refractivity contribution in [2.45, 2.75) is 82.5 Å². The number of methoxy groups -OCH3 is 1. The number of nitrogens with one attached hydrogen (secondary N) is 3. The van der Waals surface area contributed by atoms with Crippen molar-refractivity contribution in [3.63, 3.8) is 0 Å². The predicted octanol–water partition coefficient (Wildman–Crippen LogP) is 1.24. The summed E-state index contributed by atoms with van der Waals surface area (Å²) in [5.41, 5.74) is 0.792. The van der Waals surface area contributed by atoms with Gasteiger partial charge in [-0.25, -0.2) is 0 Å². The highest BCUT2D eigenvalue weighted by Gasteiger charge is 2.39. The maximum absolute atomic E-state index is 13.5. The van der Waals surface area contributed by atoms with Gasteiger partial charge in [0.2, 0.25) is 17.7 Å². The average Bonchev–Trinajstić information content (AvgIpc) is 3.61. The SMILES string of the molecule is COc1ccc(C[C@H](NC(=O)[C@@H](C)NC(=O)C2CC(=O)C2)C(=O)N[C@@H](CC2CCCC2)C(=O)[C@H]2CO2)cc1. The summed E-state index contributed by atoms with van der Waals surface area (Å²) in [5.74, 6) is -0.830. The molecule has 10 heteroatoms. The molecule has 0 aromatic heterocycles. The van der Waals surface area contributed by atoms with Crippen molar-refractivity contribution in [1.82, 2.24) is 16.0 Å². The van der Waals surface area contributed by atoms with Gasteiger partial charge >= 0.3 is 0 Å². The molecule has 206 valence electrons. The highest BCUT2D eigenvalue weighted by Crippen LogP contribution is 2.30. The van der Waals surface area contributed by atoms with E-state index < -0.39 is 42.0 Å². The number of benzene rings is 1. The van der Waals surface area contributed by atoms with Gasteiger partial charge in [0.1, 0.15) is 29.7 Å². The first-order valence-corrected chi connectivity index (χ1v) is 13.4. The number of rotatable bonds is 13. The molecule has 3 amide bonds. The molecule has 3 aliphatic rings. The number of carbonyl (C=O) groups is 5. The third-order valence-corrected chi connectivity index (χ3v) is 7.66. The van der Waals surface area contributed by atoms with Crippen LogP contribution in [0.3, 0.4) is 0 Å². The Hall–Kier alpha value is -3.27. The molecule has 0 spiro atoms. The van der Waals surface area contributed by atoms with Crippen molar-refractivity contribution in [3.8, 4) is 5.75 Å². The number of carbonyl (C=O) groups excluding carboxylic acids is 5. The molecular formula is C28H37N3O7. The number of hydrogen-bond acceptors (Lipinski definition) is 7. The minimum atomic E-state index is -0.973. The lowest BCUT2D eigenvalue weighted by atomic mass is 9.83. The van der Waals surface area contributed by atoms with Gasteiger partial charge < -0.3 is 25.4 Å². The molecule has 3 fully saturated rings. The van der Waals surface area contributed by atoms with Crippen LogP contribution in [-0.4, -0.2) is 67.2 Å². The Morgan fingerprint density at radius 2 is 1.61 bits per heavy atom. The van der Waals surface area contributed by atoms with Crippen LogP contribution >= 0.6 is 0 Å². The van der Waals surface area contributed by atoms with Gasteiger partial charge in [-0.15, -0.1) is 0 Å². The van der Waals surface area contributed by atoms with Crippen molar-refractivity contribution in [1.29, 1.82) is 0 Å². The molecule has 0 unspecified atom stereocenters. The third kappa shape index (κ3) is 7.40. The molecule has 4 rings (SSSR count). The van der Waals surface area contributed by atoms with E-state index in [1.165, 1.54) is 6.92 Å². The summed E-state index contributed by atoms with van der Waals surface area (Å²) >= 11 is 0. The Labute approximate surface area is 222 Å². The molecule has 1 saturated heterocycles. The fourth-order valence-corrected chi connectivity index (χ4v) is 5.11. The van der Waals surface area contributed by atoms with E-state index in [0.717, 1.165) is 31.2 Å². The summed E-state index contributed by atoms with van der Waals surface area (Å²) in [6.45, 7) is 1.90. The second-order valence-electron chi connectivity index (χ2n) is 10.7. The maximum atomic E-state index is 13.5. The molecule has 4 atom stereocenters. The largest absolute Gasteiger partial charge is 0.497 e. The molecule has 38 heavy (non-hydrogen) atoms. The minimum absolute atomic E-state index is 0.0248. The van der Waals surface area contributed by atoms with Crippen LogP contribution in [0.4, 0.5) is 0 Å². The quantitative estimate of drug-likeness (QED) is 0.328. The first kappa shape index (κ1) is 27.8. The number of Topliss-reactive ketones (excluding diaryl/α,β-unsaturated/α-hetero) is 2. The number of ketones is 2. The smallest absolute Gasteiger partial charge is 0.243 e. The van der Waals surface area contributed by atoms with Crippen LogP contribution in [0.2, 0.25) is 0 Å². The monoisotopic (exact) mass is 527 g/mol. The molecule has 1 aliphatic heterocycles. The zero-order valence-electron chi connectivity index (χ0n) is 22.0. The van der Waals surface area contributed by atoms with Crippen LogP contribution in [0.15, 0.2) is 24.3 Å². The van der Waals surface area contributed by atoms with E-state index in [1.54, 1.807) is 19.2 Å². The van der Waals surface area contributed by atoms with Crippen molar-refractivity contribution in [3.05, 3.63) is 29.8 Å². The van der Waals surface area contributed by atoms with E-state index in [2.05, 4.69) is 16.0 Å². The predicted molar refractivity (Wildman–Crippen MR) is 137 cm³/mol. The highest BCUT2D eigenvalue weighted by atomic mass is 16.6. The summed E-state index contributed by atoms with van der Waals surface area (Å²) in [6, 6.07) is 4.60. The number of amides is 3. The van der Waals surface area contributed by atoms with E-state index in [1.807, 2.05) is 12.1 Å². The minimum Gasteiger partial charge on any atom is -0.497 e. The zero-order valence-corrected chi connectivity index (χ0v) is 22.0. The van der Waals surface area contributed by atoms with E-state index in [0.29, 0.717) is 24.7 Å². The molecule has 3 N–H and O–H groups in total. The van der Waals surface area contributed by atoms with Gasteiger partial charge in [-0.3, -0.25) is 24.0 Å². The van der Waals surface area contributed by atoms with Crippen LogP contribution in [0.5, 0.6) is 5.75 Å². The molecule has 10 nitrogen and oxygen atoms in total. The normalized spacial score (nSPS) is 21.5. The third-order valence-electron chi connectivity index (χ3n) is 7.66. The maximum Gasteiger partial charge on any atom is 0.243 e. The second-order valence-corrected chi connectivity index (χ2v) is 10.7. The van der Waals surface area contributed by atoms with Gasteiger partial charge in [0.25, 0.3) is 0 Å². The summed E-state index contributed by atoms with van der Waals surface area (Å²) in [7, 11) is 1.56. The first-order chi connectivity index (χ1) is 18.2. The molecule has 2 saturated carbocycles. The first-order valence-electron chi connectivity index (χ1n) is 13.4. The lowest BCUT2D eigenvalue weighted by Crippen LogP contribution is -2.57. The lowest BCUT2D eigenvalue weighted by Gasteiger charge is -2.27. The van der Waals surface area contributed by atoms with E-state index in [9.17, 15) is 24.0 Å². The molecule has 0 radical (unpaired) electrons. The number of epoxide rings is 1. The van der Waals surface area contributed by atoms with Gasteiger partial charge in [-0.1, -0.05) is 37.8 Å².